The van der Waals surface area contributed by atoms with Crippen molar-refractivity contribution in [1.29, 1.82) is 0 Å². The molecule has 0 radical (unpaired) electrons. The molecule has 0 unspecified atom stereocenters. The van der Waals surface area contributed by atoms with Gasteiger partial charge in [0.2, 0.25) is 0 Å². The van der Waals surface area contributed by atoms with Crippen molar-refractivity contribution in [3.8, 4) is 0 Å². The number of aryl methyl sites for hydroxylation is 1. The highest BCUT2D eigenvalue weighted by Gasteiger charge is 2.16. The van der Waals surface area contributed by atoms with E-state index < -0.39 is 0 Å². The molecule has 0 bridgehead atoms. The zero-order valence-electron chi connectivity index (χ0n) is 7.92. The molecule has 1 fully saturated rings. The van der Waals surface area contributed by atoms with Gasteiger partial charge in [0.15, 0.2) is 5.82 Å². The molecular formula is C9H15N3O. The van der Waals surface area contributed by atoms with Crippen LogP contribution in [-0.4, -0.2) is 16.2 Å². The summed E-state index contributed by atoms with van der Waals surface area (Å²) in [4.78, 5) is 4.20. The molecule has 1 aliphatic carbocycles. The normalized spacial score (nSPS) is 17.9. The first-order valence-electron chi connectivity index (χ1n) is 4.97. The van der Waals surface area contributed by atoms with E-state index in [4.69, 9.17) is 4.52 Å². The van der Waals surface area contributed by atoms with E-state index in [9.17, 15) is 0 Å². The van der Waals surface area contributed by atoms with Crippen molar-refractivity contribution in [3.63, 3.8) is 0 Å². The third kappa shape index (κ3) is 1.99. The van der Waals surface area contributed by atoms with Gasteiger partial charge in [-0.15, -0.1) is 0 Å². The van der Waals surface area contributed by atoms with E-state index in [1.165, 1.54) is 25.7 Å². The molecule has 0 aliphatic heterocycles. The number of hydrogen-bond acceptors (Lipinski definition) is 4. The monoisotopic (exact) mass is 181 g/mol. The highest BCUT2D eigenvalue weighted by molar-refractivity contribution is 5.20. The molecule has 0 spiro atoms. The van der Waals surface area contributed by atoms with Crippen molar-refractivity contribution in [3.05, 3.63) is 5.82 Å². The predicted molar refractivity (Wildman–Crippen MR) is 49.6 cm³/mol. The van der Waals surface area contributed by atoms with E-state index in [0.29, 0.717) is 12.1 Å². The quantitative estimate of drug-likeness (QED) is 0.774. The minimum atomic E-state index is 0.546. The topological polar surface area (TPSA) is 51.0 Å². The number of nitrogens with zero attached hydrogens (tertiary/aromatic N) is 2. The van der Waals surface area contributed by atoms with Crippen LogP contribution < -0.4 is 5.32 Å². The average Bonchev–Trinajstić information content (AvgIpc) is 2.76. The van der Waals surface area contributed by atoms with Gasteiger partial charge < -0.3 is 9.84 Å². The number of rotatable bonds is 3. The van der Waals surface area contributed by atoms with Gasteiger partial charge in [0.05, 0.1) is 0 Å². The molecule has 1 N–H and O–H groups in total. The lowest BCUT2D eigenvalue weighted by molar-refractivity contribution is 0.419. The fraction of sp³-hybridized carbons (Fsp3) is 0.778. The molecule has 1 saturated carbocycles. The largest absolute Gasteiger partial charge is 0.335 e. The van der Waals surface area contributed by atoms with E-state index in [-0.39, 0.29) is 0 Å². The maximum absolute atomic E-state index is 5.05. The minimum absolute atomic E-state index is 0.546. The van der Waals surface area contributed by atoms with E-state index in [1.807, 2.05) is 6.92 Å². The van der Waals surface area contributed by atoms with Crippen LogP contribution in [0.4, 0.5) is 6.01 Å². The zero-order chi connectivity index (χ0) is 9.10. The van der Waals surface area contributed by atoms with Crippen molar-refractivity contribution in [2.24, 2.45) is 0 Å². The molecule has 1 heterocycles. The van der Waals surface area contributed by atoms with Gasteiger partial charge in [-0.25, -0.2) is 0 Å². The van der Waals surface area contributed by atoms with E-state index in [2.05, 4.69) is 15.5 Å². The van der Waals surface area contributed by atoms with Crippen LogP contribution in [0, 0.1) is 0 Å². The third-order valence-electron chi connectivity index (χ3n) is 2.47. The molecule has 0 amide bonds. The average molecular weight is 181 g/mol. The fourth-order valence-electron chi connectivity index (χ4n) is 1.70. The van der Waals surface area contributed by atoms with E-state index in [1.54, 1.807) is 0 Å². The van der Waals surface area contributed by atoms with Gasteiger partial charge in [0.1, 0.15) is 0 Å². The summed E-state index contributed by atoms with van der Waals surface area (Å²) in [7, 11) is 0. The van der Waals surface area contributed by atoms with E-state index in [0.717, 1.165) is 12.2 Å². The molecular weight excluding hydrogens is 166 g/mol. The van der Waals surface area contributed by atoms with E-state index >= 15 is 0 Å². The van der Waals surface area contributed by atoms with Gasteiger partial charge in [-0.2, -0.15) is 4.98 Å². The summed E-state index contributed by atoms with van der Waals surface area (Å²) in [6.45, 7) is 2.02. The van der Waals surface area contributed by atoms with Crippen LogP contribution in [0.3, 0.4) is 0 Å². The summed E-state index contributed by atoms with van der Waals surface area (Å²) in [5.41, 5.74) is 0. The summed E-state index contributed by atoms with van der Waals surface area (Å²) in [6.07, 6.45) is 5.91. The Morgan fingerprint density at radius 2 is 2.23 bits per heavy atom. The zero-order valence-corrected chi connectivity index (χ0v) is 7.92. The lowest BCUT2D eigenvalue weighted by Crippen LogP contribution is -2.14. The predicted octanol–water partition coefficient (Wildman–Crippen LogP) is 1.99. The second-order valence-corrected chi connectivity index (χ2v) is 3.50. The van der Waals surface area contributed by atoms with Gasteiger partial charge in [-0.05, 0) is 12.8 Å². The van der Waals surface area contributed by atoms with Crippen LogP contribution in [0.2, 0.25) is 0 Å². The van der Waals surface area contributed by atoms with Crippen LogP contribution in [0.5, 0.6) is 0 Å². The molecule has 72 valence electrons. The molecule has 4 nitrogen and oxygen atoms in total. The molecule has 2 rings (SSSR count). The Bertz CT molecular complexity index is 266. The maximum Gasteiger partial charge on any atom is 0.321 e. The summed E-state index contributed by atoms with van der Waals surface area (Å²) < 4.78 is 5.05. The molecule has 1 aromatic heterocycles. The highest BCUT2D eigenvalue weighted by Crippen LogP contribution is 2.21. The Kier molecular flexibility index (Phi) is 2.47. The number of hydrogen-bond donors (Lipinski definition) is 1. The Balaban J connectivity index is 1.92. The SMILES string of the molecule is CCc1noc(NC2CCCC2)n1. The van der Waals surface area contributed by atoms with Crippen LogP contribution >= 0.6 is 0 Å². The lowest BCUT2D eigenvalue weighted by atomic mass is 10.3. The second-order valence-electron chi connectivity index (χ2n) is 3.50. The number of anilines is 1. The lowest BCUT2D eigenvalue weighted by Gasteiger charge is -2.07. The Morgan fingerprint density at radius 1 is 1.46 bits per heavy atom. The second kappa shape index (κ2) is 3.77. The third-order valence-corrected chi connectivity index (χ3v) is 2.47. The summed E-state index contributed by atoms with van der Waals surface area (Å²) >= 11 is 0. The van der Waals surface area contributed by atoms with Crippen molar-refractivity contribution in [1.82, 2.24) is 10.1 Å². The van der Waals surface area contributed by atoms with Crippen LogP contribution in [-0.2, 0) is 6.42 Å². The fourth-order valence-corrected chi connectivity index (χ4v) is 1.70. The van der Waals surface area contributed by atoms with Crippen molar-refractivity contribution in [2.75, 3.05) is 5.32 Å². The Hall–Kier alpha value is -1.06. The first-order valence-corrected chi connectivity index (χ1v) is 4.97. The first-order chi connectivity index (χ1) is 6.38. The molecule has 13 heavy (non-hydrogen) atoms. The number of nitrogens with one attached hydrogen (secondary N) is 1. The summed E-state index contributed by atoms with van der Waals surface area (Å²) in [6, 6.07) is 1.13. The Labute approximate surface area is 77.7 Å². The Morgan fingerprint density at radius 3 is 2.85 bits per heavy atom. The van der Waals surface area contributed by atoms with Crippen LogP contribution in [0.25, 0.3) is 0 Å². The van der Waals surface area contributed by atoms with Crippen molar-refractivity contribution in [2.45, 2.75) is 45.1 Å². The number of aromatic nitrogens is 2. The smallest absolute Gasteiger partial charge is 0.321 e. The first kappa shape index (κ1) is 8.53. The summed E-state index contributed by atoms with van der Waals surface area (Å²) in [5.74, 6) is 0.778. The molecule has 1 aliphatic rings. The van der Waals surface area contributed by atoms with Gasteiger partial charge in [-0.1, -0.05) is 24.9 Å². The van der Waals surface area contributed by atoms with Gasteiger partial charge >= 0.3 is 6.01 Å². The maximum atomic E-state index is 5.05. The molecule has 0 saturated heterocycles. The minimum Gasteiger partial charge on any atom is -0.335 e. The van der Waals surface area contributed by atoms with Gasteiger partial charge in [-0.3, -0.25) is 0 Å². The van der Waals surface area contributed by atoms with Gasteiger partial charge in [0, 0.05) is 12.5 Å². The molecule has 4 heteroatoms. The summed E-state index contributed by atoms with van der Waals surface area (Å²) in [5, 5.41) is 7.08. The van der Waals surface area contributed by atoms with Crippen molar-refractivity contribution < 1.29 is 4.52 Å². The van der Waals surface area contributed by atoms with Crippen LogP contribution in [0.1, 0.15) is 38.4 Å². The molecule has 0 atom stereocenters. The van der Waals surface area contributed by atoms with Crippen LogP contribution in [0.15, 0.2) is 4.52 Å². The molecule has 0 aromatic carbocycles. The standard InChI is InChI=1S/C9H15N3O/c1-2-8-11-9(13-12-8)10-7-5-3-4-6-7/h7H,2-6H2,1H3,(H,10,11,12). The van der Waals surface area contributed by atoms with Crippen molar-refractivity contribution >= 4 is 6.01 Å². The highest BCUT2D eigenvalue weighted by atomic mass is 16.5. The van der Waals surface area contributed by atoms with Gasteiger partial charge in [0.25, 0.3) is 0 Å². The molecule has 1 aromatic rings.